The van der Waals surface area contributed by atoms with Gasteiger partial charge in [-0.15, -0.1) is 0 Å². The number of nitrogens with one attached hydrogen (secondary N) is 2. The first-order valence-electron chi connectivity index (χ1n) is 10.8. The van der Waals surface area contributed by atoms with Crippen LogP contribution in [-0.2, 0) is 27.3 Å². The smallest absolute Gasteiger partial charge is 0.328 e. The average molecular weight is 442 g/mol. The molecule has 2 atom stereocenters. The van der Waals surface area contributed by atoms with Gasteiger partial charge in [0.1, 0.15) is 12.1 Å². The monoisotopic (exact) mass is 441 g/mol. The summed E-state index contributed by atoms with van der Waals surface area (Å²) in [6.45, 7) is 5.09. The van der Waals surface area contributed by atoms with Crippen molar-refractivity contribution in [3.63, 3.8) is 0 Å². The van der Waals surface area contributed by atoms with Gasteiger partial charge in [-0.1, -0.05) is 44.2 Å². The highest BCUT2D eigenvalue weighted by molar-refractivity contribution is 5.90. The summed E-state index contributed by atoms with van der Waals surface area (Å²) in [5.74, 6) is -0.438. The van der Waals surface area contributed by atoms with Crippen LogP contribution in [-0.4, -0.2) is 70.0 Å². The van der Waals surface area contributed by atoms with Crippen molar-refractivity contribution in [2.24, 2.45) is 5.92 Å². The maximum absolute atomic E-state index is 13.4. The van der Waals surface area contributed by atoms with Gasteiger partial charge in [0.2, 0.25) is 5.91 Å². The molecule has 0 saturated carbocycles. The number of aromatic nitrogens is 2. The number of benzene rings is 1. The van der Waals surface area contributed by atoms with Crippen LogP contribution in [0.2, 0.25) is 0 Å². The second kappa shape index (κ2) is 10.8. The number of carbonyl (C=O) groups is 3. The Labute approximate surface area is 188 Å². The molecule has 1 fully saturated rings. The molecule has 3 amide bonds. The molecule has 1 aromatic heterocycles. The van der Waals surface area contributed by atoms with E-state index in [0.717, 1.165) is 11.3 Å². The van der Waals surface area contributed by atoms with E-state index in [9.17, 15) is 14.4 Å². The van der Waals surface area contributed by atoms with Crippen LogP contribution in [0.1, 0.15) is 31.5 Å². The number of H-pyrrole nitrogens is 1. The largest absolute Gasteiger partial charge is 0.467 e. The molecule has 9 nitrogen and oxygen atoms in total. The third-order valence-electron chi connectivity index (χ3n) is 5.52. The predicted molar refractivity (Wildman–Crippen MR) is 118 cm³/mol. The number of hydrogen-bond donors (Lipinski definition) is 2. The highest BCUT2D eigenvalue weighted by atomic mass is 16.5. The van der Waals surface area contributed by atoms with Crippen molar-refractivity contribution in [3.05, 3.63) is 54.1 Å². The molecule has 1 aliphatic heterocycles. The quantitative estimate of drug-likeness (QED) is 0.609. The third kappa shape index (κ3) is 5.87. The number of urea groups is 1. The molecule has 1 aliphatic rings. The lowest BCUT2D eigenvalue weighted by atomic mass is 10.0. The predicted octanol–water partition coefficient (Wildman–Crippen LogP) is 1.96. The van der Waals surface area contributed by atoms with E-state index in [0.29, 0.717) is 32.5 Å². The summed E-state index contributed by atoms with van der Waals surface area (Å²) >= 11 is 0. The Balaban J connectivity index is 1.79. The van der Waals surface area contributed by atoms with Crippen LogP contribution in [0.3, 0.4) is 0 Å². The first-order chi connectivity index (χ1) is 15.4. The lowest BCUT2D eigenvalue weighted by Crippen LogP contribution is -2.62. The Kier molecular flexibility index (Phi) is 7.86. The Morgan fingerprint density at radius 1 is 1.25 bits per heavy atom. The first kappa shape index (κ1) is 23.3. The van der Waals surface area contributed by atoms with Gasteiger partial charge in [0.25, 0.3) is 0 Å². The van der Waals surface area contributed by atoms with Gasteiger partial charge in [-0.25, -0.2) is 14.6 Å². The zero-order chi connectivity index (χ0) is 23.1. The summed E-state index contributed by atoms with van der Waals surface area (Å²) in [7, 11) is 1.30. The van der Waals surface area contributed by atoms with E-state index in [2.05, 4.69) is 15.3 Å². The average Bonchev–Trinajstić information content (AvgIpc) is 3.29. The lowest BCUT2D eigenvalue weighted by Gasteiger charge is -2.41. The number of aromatic amines is 1. The molecule has 0 aliphatic carbocycles. The number of piperazine rings is 1. The van der Waals surface area contributed by atoms with Crippen molar-refractivity contribution in [1.82, 2.24) is 25.1 Å². The molecular formula is C23H31N5O4. The van der Waals surface area contributed by atoms with Crippen LogP contribution < -0.4 is 5.32 Å². The van der Waals surface area contributed by atoms with Crippen LogP contribution in [0.5, 0.6) is 0 Å². The highest BCUT2D eigenvalue weighted by Gasteiger charge is 2.38. The summed E-state index contributed by atoms with van der Waals surface area (Å²) in [6.07, 6.45) is 4.10. The van der Waals surface area contributed by atoms with Crippen molar-refractivity contribution >= 4 is 17.9 Å². The zero-order valence-electron chi connectivity index (χ0n) is 18.8. The molecule has 0 spiro atoms. The molecule has 0 unspecified atom stereocenters. The Bertz CT molecular complexity index is 900. The van der Waals surface area contributed by atoms with Gasteiger partial charge in [0, 0.05) is 25.7 Å². The number of ether oxygens (including phenoxy) is 1. The van der Waals surface area contributed by atoms with Crippen molar-refractivity contribution in [2.45, 2.75) is 45.3 Å². The first-order valence-corrected chi connectivity index (χ1v) is 10.8. The number of esters is 1. The minimum atomic E-state index is -0.761. The molecule has 2 N–H and O–H groups in total. The topological polar surface area (TPSA) is 108 Å². The zero-order valence-corrected chi connectivity index (χ0v) is 18.8. The van der Waals surface area contributed by atoms with Crippen LogP contribution in [0.4, 0.5) is 4.79 Å². The standard InChI is InChI=1S/C23H31N5O4/c1-16(2)11-19(22(30)32-3)26-23(31)28-10-9-27(14-18-13-24-15-25-18)21(29)20(28)12-17-7-5-4-6-8-17/h4-8,13,15-16,19-20H,9-12,14H2,1-3H3,(H,24,25)(H,26,31)/t19-,20-/m0/s1. The molecule has 32 heavy (non-hydrogen) atoms. The van der Waals surface area contributed by atoms with Crippen molar-refractivity contribution in [3.8, 4) is 0 Å². The van der Waals surface area contributed by atoms with Gasteiger partial charge in [-0.2, -0.15) is 0 Å². The Morgan fingerprint density at radius 2 is 2.00 bits per heavy atom. The van der Waals surface area contributed by atoms with Crippen LogP contribution in [0.15, 0.2) is 42.9 Å². The molecule has 3 rings (SSSR count). The molecule has 1 aromatic carbocycles. The van der Waals surface area contributed by atoms with Gasteiger partial charge >= 0.3 is 12.0 Å². The van der Waals surface area contributed by atoms with E-state index in [-0.39, 0.29) is 11.8 Å². The summed E-state index contributed by atoms with van der Waals surface area (Å²) in [6, 6.07) is 7.73. The molecular weight excluding hydrogens is 410 g/mol. The summed E-state index contributed by atoms with van der Waals surface area (Å²) in [5, 5.41) is 2.79. The summed E-state index contributed by atoms with van der Waals surface area (Å²) in [5.41, 5.74) is 1.79. The fraction of sp³-hybridized carbons (Fsp3) is 0.478. The van der Waals surface area contributed by atoms with Gasteiger partial charge in [-0.05, 0) is 17.9 Å². The Morgan fingerprint density at radius 3 is 2.62 bits per heavy atom. The Hall–Kier alpha value is -3.36. The second-order valence-electron chi connectivity index (χ2n) is 8.39. The number of carbonyl (C=O) groups excluding carboxylic acids is 3. The second-order valence-corrected chi connectivity index (χ2v) is 8.39. The minimum absolute atomic E-state index is 0.136. The van der Waals surface area contributed by atoms with E-state index < -0.39 is 24.1 Å². The van der Waals surface area contributed by atoms with Gasteiger partial charge in [0.05, 0.1) is 25.7 Å². The number of rotatable bonds is 8. The van der Waals surface area contributed by atoms with E-state index in [1.54, 1.807) is 17.4 Å². The molecule has 9 heteroatoms. The lowest BCUT2D eigenvalue weighted by molar-refractivity contribution is -0.143. The van der Waals surface area contributed by atoms with Crippen LogP contribution in [0, 0.1) is 5.92 Å². The van der Waals surface area contributed by atoms with Crippen molar-refractivity contribution < 1.29 is 19.1 Å². The van der Waals surface area contributed by atoms with Crippen LogP contribution >= 0.6 is 0 Å². The minimum Gasteiger partial charge on any atom is -0.467 e. The van der Waals surface area contributed by atoms with Gasteiger partial charge in [0.15, 0.2) is 0 Å². The van der Waals surface area contributed by atoms with E-state index in [1.165, 1.54) is 12.0 Å². The maximum atomic E-state index is 13.4. The number of hydrogen-bond acceptors (Lipinski definition) is 5. The molecule has 0 bridgehead atoms. The third-order valence-corrected chi connectivity index (χ3v) is 5.52. The highest BCUT2D eigenvalue weighted by Crippen LogP contribution is 2.19. The maximum Gasteiger partial charge on any atom is 0.328 e. The SMILES string of the molecule is COC(=O)[C@H](CC(C)C)NC(=O)N1CCN(Cc2cnc[nH]2)C(=O)[C@@H]1Cc1ccccc1. The molecule has 172 valence electrons. The van der Waals surface area contributed by atoms with Gasteiger partial charge in [-0.3, -0.25) is 4.79 Å². The summed E-state index contributed by atoms with van der Waals surface area (Å²) < 4.78 is 4.86. The van der Waals surface area contributed by atoms with Crippen molar-refractivity contribution in [1.29, 1.82) is 0 Å². The summed E-state index contributed by atoms with van der Waals surface area (Å²) in [4.78, 5) is 49.1. The fourth-order valence-corrected chi connectivity index (χ4v) is 3.91. The van der Waals surface area contributed by atoms with Gasteiger partial charge < -0.3 is 24.8 Å². The molecule has 2 heterocycles. The molecule has 2 aromatic rings. The number of imidazole rings is 1. The van der Waals surface area contributed by atoms with Crippen molar-refractivity contribution in [2.75, 3.05) is 20.2 Å². The number of amides is 3. The fourth-order valence-electron chi connectivity index (χ4n) is 3.91. The number of methoxy groups -OCH3 is 1. The molecule has 1 saturated heterocycles. The van der Waals surface area contributed by atoms with E-state index in [1.807, 2.05) is 44.2 Å². The van der Waals surface area contributed by atoms with E-state index >= 15 is 0 Å². The normalized spacial score (nSPS) is 17.4. The molecule has 0 radical (unpaired) electrons. The number of nitrogens with zero attached hydrogens (tertiary/aromatic N) is 3. The van der Waals surface area contributed by atoms with Crippen LogP contribution in [0.25, 0.3) is 0 Å². The van der Waals surface area contributed by atoms with E-state index in [4.69, 9.17) is 4.74 Å².